The molecule has 1 aromatic carbocycles. The summed E-state index contributed by atoms with van der Waals surface area (Å²) in [5, 5.41) is 0. The van der Waals surface area contributed by atoms with Crippen LogP contribution in [-0.4, -0.2) is 24.0 Å². The van der Waals surface area contributed by atoms with Crippen molar-refractivity contribution in [1.82, 2.24) is 4.90 Å². The Morgan fingerprint density at radius 1 is 1.00 bits per heavy atom. The molecule has 0 aromatic heterocycles. The van der Waals surface area contributed by atoms with Crippen molar-refractivity contribution in [3.8, 4) is 0 Å². The van der Waals surface area contributed by atoms with Crippen molar-refractivity contribution in [3.05, 3.63) is 35.6 Å². The molecule has 3 heteroatoms. The summed E-state index contributed by atoms with van der Waals surface area (Å²) >= 11 is 0. The molecule has 2 atom stereocenters. The second-order valence-electron chi connectivity index (χ2n) is 6.72. The van der Waals surface area contributed by atoms with Gasteiger partial charge in [0.25, 0.3) is 0 Å². The Morgan fingerprint density at radius 3 is 2.00 bits per heavy atom. The number of hydrogen-bond donors (Lipinski definition) is 1. The van der Waals surface area contributed by atoms with Crippen LogP contribution in [0.1, 0.15) is 52.0 Å². The summed E-state index contributed by atoms with van der Waals surface area (Å²) in [7, 11) is 0. The lowest BCUT2D eigenvalue weighted by Crippen LogP contribution is -2.58. The molecule has 1 fully saturated rings. The second kappa shape index (κ2) is 6.89. The van der Waals surface area contributed by atoms with Crippen molar-refractivity contribution in [2.45, 2.75) is 58.0 Å². The maximum atomic E-state index is 13.2. The van der Waals surface area contributed by atoms with Gasteiger partial charge in [0.1, 0.15) is 5.82 Å². The zero-order valence-electron chi connectivity index (χ0n) is 13.6. The Hall–Kier alpha value is -0.930. The van der Waals surface area contributed by atoms with Gasteiger partial charge in [0, 0.05) is 6.04 Å². The zero-order valence-corrected chi connectivity index (χ0v) is 13.6. The smallest absolute Gasteiger partial charge is 0.123 e. The number of nitrogens with zero attached hydrogens (tertiary/aromatic N) is 1. The van der Waals surface area contributed by atoms with E-state index in [0.717, 1.165) is 18.7 Å². The lowest BCUT2D eigenvalue weighted by Gasteiger charge is -2.45. The molecule has 1 aliphatic heterocycles. The Balaban J connectivity index is 2.29. The van der Waals surface area contributed by atoms with Crippen LogP contribution in [0.5, 0.6) is 0 Å². The van der Waals surface area contributed by atoms with Crippen molar-refractivity contribution in [2.24, 2.45) is 11.7 Å². The third kappa shape index (κ3) is 3.46. The number of halogens is 1. The van der Waals surface area contributed by atoms with Crippen LogP contribution in [0.15, 0.2) is 24.3 Å². The van der Waals surface area contributed by atoms with Crippen LogP contribution < -0.4 is 5.73 Å². The molecule has 0 radical (unpaired) electrons. The SMILES string of the molecule is CC(C)C(N)(c1ccc(F)cc1)C(C)N1CCCCCC1. The van der Waals surface area contributed by atoms with Crippen LogP contribution in [0, 0.1) is 11.7 Å². The summed E-state index contributed by atoms with van der Waals surface area (Å²) < 4.78 is 13.2. The van der Waals surface area contributed by atoms with E-state index in [4.69, 9.17) is 5.73 Å². The minimum atomic E-state index is -0.446. The quantitative estimate of drug-likeness (QED) is 0.912. The van der Waals surface area contributed by atoms with Gasteiger partial charge in [-0.2, -0.15) is 0 Å². The third-order valence-electron chi connectivity index (χ3n) is 5.18. The van der Waals surface area contributed by atoms with Crippen LogP contribution in [-0.2, 0) is 5.54 Å². The van der Waals surface area contributed by atoms with E-state index in [1.807, 2.05) is 12.1 Å². The van der Waals surface area contributed by atoms with E-state index in [2.05, 4.69) is 25.7 Å². The van der Waals surface area contributed by atoms with Gasteiger partial charge < -0.3 is 5.73 Å². The zero-order chi connectivity index (χ0) is 15.5. The first kappa shape index (κ1) is 16.4. The van der Waals surface area contributed by atoms with Gasteiger partial charge in [-0.15, -0.1) is 0 Å². The first-order chi connectivity index (χ1) is 9.96. The predicted octanol–water partition coefficient (Wildman–Crippen LogP) is 3.90. The van der Waals surface area contributed by atoms with Gasteiger partial charge in [-0.25, -0.2) is 4.39 Å². The van der Waals surface area contributed by atoms with E-state index in [1.54, 1.807) is 0 Å². The number of rotatable bonds is 4. The topological polar surface area (TPSA) is 29.3 Å². The fourth-order valence-corrected chi connectivity index (χ4v) is 3.58. The summed E-state index contributed by atoms with van der Waals surface area (Å²) in [6.45, 7) is 8.80. The maximum Gasteiger partial charge on any atom is 0.123 e. The van der Waals surface area contributed by atoms with E-state index in [-0.39, 0.29) is 11.9 Å². The highest BCUT2D eigenvalue weighted by atomic mass is 19.1. The molecule has 1 aliphatic rings. The van der Waals surface area contributed by atoms with E-state index < -0.39 is 5.54 Å². The van der Waals surface area contributed by atoms with E-state index in [1.165, 1.54) is 37.8 Å². The predicted molar refractivity (Wildman–Crippen MR) is 86.6 cm³/mol. The number of nitrogens with two attached hydrogens (primary N) is 1. The average Bonchev–Trinajstić information content (AvgIpc) is 2.75. The van der Waals surface area contributed by atoms with Crippen LogP contribution in [0.2, 0.25) is 0 Å². The van der Waals surface area contributed by atoms with Crippen molar-refractivity contribution in [2.75, 3.05) is 13.1 Å². The monoisotopic (exact) mass is 292 g/mol. The van der Waals surface area contributed by atoms with Gasteiger partial charge in [-0.05, 0) is 56.5 Å². The van der Waals surface area contributed by atoms with Gasteiger partial charge in [0.05, 0.1) is 5.54 Å². The molecule has 0 bridgehead atoms. The Kier molecular flexibility index (Phi) is 5.39. The molecule has 1 saturated heterocycles. The minimum absolute atomic E-state index is 0.202. The largest absolute Gasteiger partial charge is 0.320 e. The van der Waals surface area contributed by atoms with Gasteiger partial charge in [0.15, 0.2) is 0 Å². The Bertz CT molecular complexity index is 435. The number of hydrogen-bond acceptors (Lipinski definition) is 2. The third-order valence-corrected chi connectivity index (χ3v) is 5.18. The highest BCUT2D eigenvalue weighted by molar-refractivity contribution is 5.27. The first-order valence-electron chi connectivity index (χ1n) is 8.25. The molecule has 0 amide bonds. The number of benzene rings is 1. The number of likely N-dealkylation sites (tertiary alicyclic amines) is 1. The van der Waals surface area contributed by atoms with Crippen molar-refractivity contribution < 1.29 is 4.39 Å². The van der Waals surface area contributed by atoms with E-state index in [0.29, 0.717) is 5.92 Å². The fraction of sp³-hybridized carbons (Fsp3) is 0.667. The van der Waals surface area contributed by atoms with E-state index in [9.17, 15) is 4.39 Å². The maximum absolute atomic E-state index is 13.2. The summed E-state index contributed by atoms with van der Waals surface area (Å²) in [6, 6.07) is 7.00. The minimum Gasteiger partial charge on any atom is -0.320 e. The molecule has 0 aliphatic carbocycles. The molecular formula is C18H29FN2. The van der Waals surface area contributed by atoms with Crippen LogP contribution >= 0.6 is 0 Å². The summed E-state index contributed by atoms with van der Waals surface area (Å²) in [5.41, 5.74) is 7.46. The van der Waals surface area contributed by atoms with Crippen molar-refractivity contribution in [1.29, 1.82) is 0 Å². The van der Waals surface area contributed by atoms with Crippen LogP contribution in [0.25, 0.3) is 0 Å². The highest BCUT2D eigenvalue weighted by Gasteiger charge is 2.40. The lowest BCUT2D eigenvalue weighted by molar-refractivity contribution is 0.103. The van der Waals surface area contributed by atoms with Gasteiger partial charge in [-0.1, -0.05) is 38.8 Å². The van der Waals surface area contributed by atoms with Gasteiger partial charge >= 0.3 is 0 Å². The molecule has 0 saturated carbocycles. The summed E-state index contributed by atoms with van der Waals surface area (Å²) in [6.07, 6.45) is 5.14. The molecule has 2 unspecified atom stereocenters. The summed E-state index contributed by atoms with van der Waals surface area (Å²) in [5.74, 6) is 0.0912. The molecule has 1 heterocycles. The normalized spacial score (nSPS) is 21.8. The molecule has 2 nitrogen and oxygen atoms in total. The summed E-state index contributed by atoms with van der Waals surface area (Å²) in [4.78, 5) is 2.52. The molecular weight excluding hydrogens is 263 g/mol. The Labute approximate surface area is 128 Å². The van der Waals surface area contributed by atoms with E-state index >= 15 is 0 Å². The van der Waals surface area contributed by atoms with Crippen molar-refractivity contribution >= 4 is 0 Å². The molecule has 1 aromatic rings. The van der Waals surface area contributed by atoms with Crippen LogP contribution in [0.3, 0.4) is 0 Å². The molecule has 21 heavy (non-hydrogen) atoms. The van der Waals surface area contributed by atoms with Crippen LogP contribution in [0.4, 0.5) is 4.39 Å². The first-order valence-corrected chi connectivity index (χ1v) is 8.25. The Morgan fingerprint density at radius 2 is 1.52 bits per heavy atom. The standard InChI is InChI=1S/C18H29FN2/c1-14(2)18(20,16-8-10-17(19)11-9-16)15(3)21-12-6-4-5-7-13-21/h8-11,14-15H,4-7,12-13,20H2,1-3H3. The molecule has 0 spiro atoms. The van der Waals surface area contributed by atoms with Crippen molar-refractivity contribution in [3.63, 3.8) is 0 Å². The fourth-order valence-electron chi connectivity index (χ4n) is 3.58. The second-order valence-corrected chi connectivity index (χ2v) is 6.72. The molecule has 2 N–H and O–H groups in total. The average molecular weight is 292 g/mol. The van der Waals surface area contributed by atoms with Gasteiger partial charge in [0.2, 0.25) is 0 Å². The molecule has 2 rings (SSSR count). The highest BCUT2D eigenvalue weighted by Crippen LogP contribution is 2.34. The molecule has 118 valence electrons. The lowest BCUT2D eigenvalue weighted by atomic mass is 9.75. The van der Waals surface area contributed by atoms with Gasteiger partial charge in [-0.3, -0.25) is 4.90 Å².